The summed E-state index contributed by atoms with van der Waals surface area (Å²) in [6.07, 6.45) is 5.09. The maximum absolute atomic E-state index is 13.6. The van der Waals surface area contributed by atoms with Gasteiger partial charge in [0.15, 0.2) is 0 Å². The fourth-order valence-corrected chi connectivity index (χ4v) is 4.95. The van der Waals surface area contributed by atoms with Crippen LogP contribution in [-0.4, -0.2) is 53.1 Å². The van der Waals surface area contributed by atoms with Crippen LogP contribution in [0.25, 0.3) is 0 Å². The van der Waals surface area contributed by atoms with E-state index in [1.165, 1.54) is 29.0 Å². The van der Waals surface area contributed by atoms with Crippen molar-refractivity contribution in [2.24, 2.45) is 11.8 Å². The van der Waals surface area contributed by atoms with Gasteiger partial charge in [-0.25, -0.2) is 4.39 Å². The summed E-state index contributed by atoms with van der Waals surface area (Å²) < 4.78 is 13.5. The molecule has 0 spiro atoms. The van der Waals surface area contributed by atoms with Crippen molar-refractivity contribution in [1.82, 2.24) is 15.1 Å². The number of carbonyl (C=O) groups excluding carboxylic acids is 4. The molecule has 1 aliphatic carbocycles. The maximum atomic E-state index is 13.6. The lowest BCUT2D eigenvalue weighted by Gasteiger charge is -2.31. The Hall–Kier alpha value is -3.81. The molecule has 0 saturated carbocycles. The standard InChI is InChI=1S/C28H30FN3O4/c1-30-26(34)24(17-19-7-3-2-4-8-19)32(18-20-11-13-21(29)14-12-20)25(33)15-16-31-27(35)22-9-5-6-10-23(22)28(31)36/h2-8,11-14,22-24H,9-10,15-18H2,1H3,(H,30,34)/t22-,23+,24-/m1/s1. The van der Waals surface area contributed by atoms with E-state index >= 15 is 0 Å². The molecule has 0 unspecified atom stereocenters. The summed E-state index contributed by atoms with van der Waals surface area (Å²) >= 11 is 0. The third-order valence-corrected chi connectivity index (χ3v) is 6.93. The van der Waals surface area contributed by atoms with E-state index < -0.39 is 11.9 Å². The maximum Gasteiger partial charge on any atom is 0.242 e. The molecular weight excluding hydrogens is 461 g/mol. The number of amides is 4. The van der Waals surface area contributed by atoms with Gasteiger partial charge in [0.25, 0.3) is 0 Å². The number of allylic oxidation sites excluding steroid dienone is 2. The van der Waals surface area contributed by atoms with Gasteiger partial charge in [-0.15, -0.1) is 0 Å². The average Bonchev–Trinajstić information content (AvgIpc) is 3.15. The molecule has 36 heavy (non-hydrogen) atoms. The zero-order valence-electron chi connectivity index (χ0n) is 20.2. The van der Waals surface area contributed by atoms with Crippen molar-refractivity contribution in [2.45, 2.75) is 38.3 Å². The Labute approximate surface area is 210 Å². The van der Waals surface area contributed by atoms with E-state index in [9.17, 15) is 23.6 Å². The molecule has 2 aliphatic rings. The number of rotatable bonds is 9. The van der Waals surface area contributed by atoms with Crippen LogP contribution in [0.1, 0.15) is 30.4 Å². The van der Waals surface area contributed by atoms with Crippen LogP contribution in [0.4, 0.5) is 4.39 Å². The Morgan fingerprint density at radius 1 is 0.972 bits per heavy atom. The molecule has 0 bridgehead atoms. The smallest absolute Gasteiger partial charge is 0.242 e. The van der Waals surface area contributed by atoms with E-state index in [-0.39, 0.29) is 61.4 Å². The Kier molecular flexibility index (Phi) is 7.93. The van der Waals surface area contributed by atoms with Crippen LogP contribution in [0.3, 0.4) is 0 Å². The molecule has 4 rings (SSSR count). The Morgan fingerprint density at radius 2 is 1.58 bits per heavy atom. The average molecular weight is 492 g/mol. The zero-order valence-corrected chi connectivity index (χ0v) is 20.2. The van der Waals surface area contributed by atoms with Crippen molar-refractivity contribution >= 4 is 23.6 Å². The van der Waals surface area contributed by atoms with E-state index in [1.807, 2.05) is 42.5 Å². The number of hydrogen-bond donors (Lipinski definition) is 1. The first-order valence-electron chi connectivity index (χ1n) is 12.2. The fourth-order valence-electron chi connectivity index (χ4n) is 4.95. The van der Waals surface area contributed by atoms with Gasteiger partial charge in [0.05, 0.1) is 11.8 Å². The molecule has 0 aromatic heterocycles. The predicted octanol–water partition coefficient (Wildman–Crippen LogP) is 2.85. The Bertz CT molecular complexity index is 1120. The van der Waals surface area contributed by atoms with E-state index in [0.717, 1.165) is 5.56 Å². The zero-order chi connectivity index (χ0) is 25.7. The number of benzene rings is 2. The van der Waals surface area contributed by atoms with Crippen molar-refractivity contribution in [3.63, 3.8) is 0 Å². The second-order valence-corrected chi connectivity index (χ2v) is 9.20. The van der Waals surface area contributed by atoms with Crippen molar-refractivity contribution in [3.05, 3.63) is 83.7 Å². The number of halogens is 1. The van der Waals surface area contributed by atoms with E-state index in [0.29, 0.717) is 18.4 Å². The SMILES string of the molecule is CNC(=O)[C@@H](Cc1ccccc1)N(Cc1ccc(F)cc1)C(=O)CCN1C(=O)[C@H]2CC=CC[C@H]2C1=O. The number of nitrogens with one attached hydrogen (secondary N) is 1. The molecule has 188 valence electrons. The second kappa shape index (κ2) is 11.3. The third-order valence-electron chi connectivity index (χ3n) is 6.93. The van der Waals surface area contributed by atoms with Gasteiger partial charge in [0.2, 0.25) is 23.6 Å². The van der Waals surface area contributed by atoms with Crippen molar-refractivity contribution < 1.29 is 23.6 Å². The van der Waals surface area contributed by atoms with Gasteiger partial charge in [-0.05, 0) is 36.1 Å². The lowest BCUT2D eigenvalue weighted by Crippen LogP contribution is -2.50. The summed E-state index contributed by atoms with van der Waals surface area (Å²) in [7, 11) is 1.51. The highest BCUT2D eigenvalue weighted by atomic mass is 19.1. The van der Waals surface area contributed by atoms with Crippen LogP contribution < -0.4 is 5.32 Å². The summed E-state index contributed by atoms with van der Waals surface area (Å²) in [5.74, 6) is -2.28. The molecule has 2 aromatic carbocycles. The Balaban J connectivity index is 1.55. The molecule has 1 heterocycles. The van der Waals surface area contributed by atoms with Crippen LogP contribution in [0.2, 0.25) is 0 Å². The number of hydrogen-bond acceptors (Lipinski definition) is 4. The minimum absolute atomic E-state index is 0.0325. The number of imide groups is 1. The van der Waals surface area contributed by atoms with Gasteiger partial charge in [-0.3, -0.25) is 24.1 Å². The van der Waals surface area contributed by atoms with Crippen LogP contribution in [-0.2, 0) is 32.1 Å². The summed E-state index contributed by atoms with van der Waals surface area (Å²) in [5.41, 5.74) is 1.54. The highest BCUT2D eigenvalue weighted by Crippen LogP contribution is 2.35. The van der Waals surface area contributed by atoms with Crippen LogP contribution >= 0.6 is 0 Å². The minimum atomic E-state index is -0.827. The molecule has 1 saturated heterocycles. The van der Waals surface area contributed by atoms with Gasteiger partial charge < -0.3 is 10.2 Å². The minimum Gasteiger partial charge on any atom is -0.357 e. The molecule has 8 heteroatoms. The lowest BCUT2D eigenvalue weighted by atomic mass is 9.85. The van der Waals surface area contributed by atoms with Gasteiger partial charge >= 0.3 is 0 Å². The largest absolute Gasteiger partial charge is 0.357 e. The van der Waals surface area contributed by atoms with Gasteiger partial charge in [0.1, 0.15) is 11.9 Å². The molecule has 1 fully saturated rings. The van der Waals surface area contributed by atoms with Crippen LogP contribution in [0, 0.1) is 17.7 Å². The summed E-state index contributed by atoms with van der Waals surface area (Å²) in [6.45, 7) is 0.0519. The lowest BCUT2D eigenvalue weighted by molar-refractivity contribution is -0.144. The predicted molar refractivity (Wildman–Crippen MR) is 132 cm³/mol. The molecule has 3 atom stereocenters. The molecular formula is C28H30FN3O4. The monoisotopic (exact) mass is 491 g/mol. The molecule has 7 nitrogen and oxygen atoms in total. The second-order valence-electron chi connectivity index (χ2n) is 9.20. The third kappa shape index (κ3) is 5.53. The first-order valence-corrected chi connectivity index (χ1v) is 12.2. The summed E-state index contributed by atoms with van der Waals surface area (Å²) in [6, 6.07) is 14.3. The molecule has 1 N–H and O–H groups in total. The molecule has 0 radical (unpaired) electrons. The molecule has 2 aromatic rings. The van der Waals surface area contributed by atoms with Gasteiger partial charge in [-0.2, -0.15) is 0 Å². The van der Waals surface area contributed by atoms with Crippen LogP contribution in [0.5, 0.6) is 0 Å². The highest BCUT2D eigenvalue weighted by Gasteiger charge is 2.47. The van der Waals surface area contributed by atoms with Crippen LogP contribution in [0.15, 0.2) is 66.7 Å². The quantitative estimate of drug-likeness (QED) is 0.432. The first-order chi connectivity index (χ1) is 17.4. The number of carbonyl (C=O) groups is 4. The van der Waals surface area contributed by atoms with Gasteiger partial charge in [-0.1, -0.05) is 54.6 Å². The Morgan fingerprint density at radius 3 is 2.17 bits per heavy atom. The molecule has 4 amide bonds. The fraction of sp³-hybridized carbons (Fsp3) is 0.357. The van der Waals surface area contributed by atoms with Gasteiger partial charge in [0, 0.05) is 33.0 Å². The van der Waals surface area contributed by atoms with Crippen molar-refractivity contribution in [3.8, 4) is 0 Å². The number of fused-ring (bicyclic) bond motifs is 1. The van der Waals surface area contributed by atoms with E-state index in [1.54, 1.807) is 12.1 Å². The number of likely N-dealkylation sites (tertiary alicyclic amines) is 1. The topological polar surface area (TPSA) is 86.8 Å². The van der Waals surface area contributed by atoms with Crippen molar-refractivity contribution in [2.75, 3.05) is 13.6 Å². The van der Waals surface area contributed by atoms with E-state index in [2.05, 4.69) is 5.32 Å². The number of nitrogens with zero attached hydrogens (tertiary/aromatic N) is 2. The van der Waals surface area contributed by atoms with E-state index in [4.69, 9.17) is 0 Å². The first kappa shape index (κ1) is 25.3. The highest BCUT2D eigenvalue weighted by molar-refractivity contribution is 6.05. The van der Waals surface area contributed by atoms with Crippen molar-refractivity contribution in [1.29, 1.82) is 0 Å². The molecule has 1 aliphatic heterocycles. The summed E-state index contributed by atoms with van der Waals surface area (Å²) in [5, 5.41) is 2.64. The normalized spacial score (nSPS) is 19.7. The number of likely N-dealkylation sites (N-methyl/N-ethyl adjacent to an activating group) is 1. The summed E-state index contributed by atoms with van der Waals surface area (Å²) in [4.78, 5) is 54.8.